The van der Waals surface area contributed by atoms with E-state index < -0.39 is 5.60 Å². The number of carbonyl (C=O) groups is 1. The number of hydrogen-bond acceptors (Lipinski definition) is 5. The van der Waals surface area contributed by atoms with Gasteiger partial charge in [-0.15, -0.1) is 35.3 Å². The maximum absolute atomic E-state index is 11.5. The lowest BCUT2D eigenvalue weighted by atomic mass is 10.2. The van der Waals surface area contributed by atoms with E-state index in [0.717, 1.165) is 36.0 Å². The first kappa shape index (κ1) is 24.9. The third kappa shape index (κ3) is 10.8. The summed E-state index contributed by atoms with van der Waals surface area (Å²) in [7, 11) is 1.75. The Hall–Kier alpha value is -1.10. The summed E-state index contributed by atoms with van der Waals surface area (Å²) in [5.41, 5.74) is 0.643. The van der Waals surface area contributed by atoms with Crippen molar-refractivity contribution in [2.45, 2.75) is 53.1 Å². The number of halogens is 1. The molecule has 150 valence electrons. The lowest BCUT2D eigenvalue weighted by molar-refractivity contribution is 0.0527. The van der Waals surface area contributed by atoms with E-state index in [1.165, 1.54) is 4.88 Å². The zero-order chi connectivity index (χ0) is 18.9. The molecule has 1 aromatic heterocycles. The Morgan fingerprint density at radius 3 is 2.31 bits per heavy atom. The summed E-state index contributed by atoms with van der Waals surface area (Å²) in [5.74, 6) is 0.760. The molecule has 9 heteroatoms. The average Bonchev–Trinajstić information content (AvgIpc) is 2.81. The first-order chi connectivity index (χ1) is 11.7. The van der Waals surface area contributed by atoms with Crippen LogP contribution in [0.2, 0.25) is 0 Å². The molecule has 0 saturated heterocycles. The molecule has 1 heterocycles. The number of alkyl carbamates (subject to hydrolysis) is 1. The highest BCUT2D eigenvalue weighted by Crippen LogP contribution is 2.16. The van der Waals surface area contributed by atoms with Gasteiger partial charge in [-0.25, -0.2) is 9.78 Å². The Morgan fingerprint density at radius 2 is 1.77 bits per heavy atom. The molecule has 0 aliphatic rings. The highest BCUT2D eigenvalue weighted by atomic mass is 127. The number of aromatic nitrogens is 1. The van der Waals surface area contributed by atoms with E-state index in [-0.39, 0.29) is 30.1 Å². The lowest BCUT2D eigenvalue weighted by Gasteiger charge is -2.19. The van der Waals surface area contributed by atoms with Gasteiger partial charge < -0.3 is 20.7 Å². The molecular weight excluding hydrogens is 465 g/mol. The smallest absolute Gasteiger partial charge is 0.407 e. The van der Waals surface area contributed by atoms with Crippen molar-refractivity contribution < 1.29 is 9.53 Å². The van der Waals surface area contributed by atoms with E-state index in [9.17, 15) is 4.79 Å². The molecular formula is C17H32IN5O2S. The lowest BCUT2D eigenvalue weighted by Crippen LogP contribution is -2.40. The van der Waals surface area contributed by atoms with Crippen molar-refractivity contribution in [2.24, 2.45) is 4.99 Å². The summed E-state index contributed by atoms with van der Waals surface area (Å²) < 4.78 is 5.18. The van der Waals surface area contributed by atoms with Crippen LogP contribution in [0.15, 0.2) is 4.99 Å². The molecule has 1 aromatic rings. The van der Waals surface area contributed by atoms with E-state index in [4.69, 9.17) is 4.74 Å². The van der Waals surface area contributed by atoms with Crippen molar-refractivity contribution in [3.05, 3.63) is 15.6 Å². The van der Waals surface area contributed by atoms with Crippen molar-refractivity contribution in [2.75, 3.05) is 26.7 Å². The number of aryl methyl sites for hydroxylation is 2. The van der Waals surface area contributed by atoms with Crippen LogP contribution in [0.5, 0.6) is 0 Å². The highest BCUT2D eigenvalue weighted by molar-refractivity contribution is 14.0. The summed E-state index contributed by atoms with van der Waals surface area (Å²) in [4.78, 5) is 21.5. The molecule has 3 N–H and O–H groups in total. The molecule has 0 atom stereocenters. The number of nitrogens with one attached hydrogen (secondary N) is 3. The number of hydrogen-bond donors (Lipinski definition) is 3. The van der Waals surface area contributed by atoms with E-state index in [2.05, 4.69) is 25.9 Å². The van der Waals surface area contributed by atoms with Crippen LogP contribution in [0.25, 0.3) is 0 Å². The molecule has 26 heavy (non-hydrogen) atoms. The van der Waals surface area contributed by atoms with Gasteiger partial charge in [-0.2, -0.15) is 0 Å². The van der Waals surface area contributed by atoms with Crippen molar-refractivity contribution in [3.8, 4) is 0 Å². The van der Waals surface area contributed by atoms with Crippen molar-refractivity contribution in [3.63, 3.8) is 0 Å². The van der Waals surface area contributed by atoms with Gasteiger partial charge >= 0.3 is 6.09 Å². The van der Waals surface area contributed by atoms with Crippen molar-refractivity contribution in [1.82, 2.24) is 20.9 Å². The third-order valence-electron chi connectivity index (χ3n) is 3.18. The number of ether oxygens (including phenoxy) is 1. The fraction of sp³-hybridized carbons (Fsp3) is 0.706. The second-order valence-electron chi connectivity index (χ2n) is 6.70. The molecule has 0 spiro atoms. The Morgan fingerprint density at radius 1 is 1.15 bits per heavy atom. The Labute approximate surface area is 177 Å². The summed E-state index contributed by atoms with van der Waals surface area (Å²) in [6, 6.07) is 0. The molecule has 7 nitrogen and oxygen atoms in total. The van der Waals surface area contributed by atoms with E-state index in [1.54, 1.807) is 18.4 Å². The van der Waals surface area contributed by atoms with Gasteiger partial charge in [-0.1, -0.05) is 0 Å². The van der Waals surface area contributed by atoms with Crippen molar-refractivity contribution >= 4 is 47.4 Å². The quantitative estimate of drug-likeness (QED) is 0.233. The summed E-state index contributed by atoms with van der Waals surface area (Å²) >= 11 is 1.74. The largest absolute Gasteiger partial charge is 0.444 e. The monoisotopic (exact) mass is 497 g/mol. The molecule has 0 aromatic carbocycles. The second-order valence-corrected chi connectivity index (χ2v) is 7.99. The Balaban J connectivity index is 0.00000625. The normalized spacial score (nSPS) is 11.5. The van der Waals surface area contributed by atoms with Gasteiger partial charge in [0, 0.05) is 38.0 Å². The van der Waals surface area contributed by atoms with Crippen LogP contribution >= 0.6 is 35.3 Å². The molecule has 0 bridgehead atoms. The predicted octanol–water partition coefficient (Wildman–Crippen LogP) is 3.00. The topological polar surface area (TPSA) is 87.6 Å². The van der Waals surface area contributed by atoms with Gasteiger partial charge in [-0.3, -0.25) is 4.99 Å². The number of guanidine groups is 1. The van der Waals surface area contributed by atoms with Gasteiger partial charge in [-0.05, 0) is 41.0 Å². The zero-order valence-corrected chi connectivity index (χ0v) is 19.7. The molecule has 1 rings (SSSR count). The number of aliphatic imine (C=N–C) groups is 1. The Bertz CT molecular complexity index is 584. The van der Waals surface area contributed by atoms with Gasteiger partial charge in [0.1, 0.15) is 5.60 Å². The van der Waals surface area contributed by atoms with Crippen LogP contribution in [0, 0.1) is 13.8 Å². The van der Waals surface area contributed by atoms with Crippen LogP contribution in [0.4, 0.5) is 4.79 Å². The van der Waals surface area contributed by atoms with Gasteiger partial charge in [0.15, 0.2) is 5.96 Å². The summed E-state index contributed by atoms with van der Waals surface area (Å²) in [6.45, 7) is 11.7. The predicted molar refractivity (Wildman–Crippen MR) is 119 cm³/mol. The minimum absolute atomic E-state index is 0. The minimum atomic E-state index is -0.469. The number of nitrogens with zero attached hydrogens (tertiary/aromatic N) is 2. The molecule has 1 amide bonds. The SMILES string of the molecule is CN=C(NCCCNC(=O)OC(C)(C)C)NCCc1sc(C)nc1C.I. The maximum Gasteiger partial charge on any atom is 0.407 e. The fourth-order valence-electron chi connectivity index (χ4n) is 2.12. The average molecular weight is 497 g/mol. The fourth-order valence-corrected chi connectivity index (χ4v) is 3.06. The second kappa shape index (κ2) is 12.3. The van der Waals surface area contributed by atoms with E-state index in [0.29, 0.717) is 13.1 Å². The number of carbonyl (C=O) groups excluding carboxylic acids is 1. The molecule has 0 unspecified atom stereocenters. The number of rotatable bonds is 7. The molecule has 0 aliphatic heterocycles. The molecule has 0 radical (unpaired) electrons. The Kier molecular flexibility index (Phi) is 11.8. The van der Waals surface area contributed by atoms with Crippen LogP contribution in [0.1, 0.15) is 42.8 Å². The summed E-state index contributed by atoms with van der Waals surface area (Å²) in [5, 5.41) is 10.4. The van der Waals surface area contributed by atoms with E-state index >= 15 is 0 Å². The number of amides is 1. The minimum Gasteiger partial charge on any atom is -0.444 e. The maximum atomic E-state index is 11.5. The standard InChI is InChI=1S/C17H31N5O2S.HI/c1-12-14(25-13(2)22-12)8-11-20-15(18-6)19-9-7-10-21-16(23)24-17(3,4)5;/h7-11H2,1-6H3,(H,21,23)(H2,18,19,20);1H. The summed E-state index contributed by atoms with van der Waals surface area (Å²) in [6.07, 6.45) is 1.33. The van der Waals surface area contributed by atoms with Crippen LogP contribution in [-0.4, -0.2) is 49.3 Å². The molecule has 0 aliphatic carbocycles. The molecule has 0 saturated carbocycles. The highest BCUT2D eigenvalue weighted by Gasteiger charge is 2.15. The first-order valence-corrected chi connectivity index (χ1v) is 9.37. The van der Waals surface area contributed by atoms with Gasteiger partial charge in [0.05, 0.1) is 10.7 Å². The van der Waals surface area contributed by atoms with Crippen LogP contribution in [-0.2, 0) is 11.2 Å². The zero-order valence-electron chi connectivity index (χ0n) is 16.6. The molecule has 0 fully saturated rings. The number of thiazole rings is 1. The van der Waals surface area contributed by atoms with Crippen LogP contribution < -0.4 is 16.0 Å². The van der Waals surface area contributed by atoms with Gasteiger partial charge in [0.2, 0.25) is 0 Å². The van der Waals surface area contributed by atoms with E-state index in [1.807, 2.05) is 34.6 Å². The third-order valence-corrected chi connectivity index (χ3v) is 4.31. The van der Waals surface area contributed by atoms with Crippen LogP contribution in [0.3, 0.4) is 0 Å². The van der Waals surface area contributed by atoms with Crippen molar-refractivity contribution in [1.29, 1.82) is 0 Å². The first-order valence-electron chi connectivity index (χ1n) is 8.55. The van der Waals surface area contributed by atoms with Gasteiger partial charge in [0.25, 0.3) is 0 Å².